The number of hydrogen-bond acceptors (Lipinski definition) is 3. The van der Waals surface area contributed by atoms with E-state index in [0.29, 0.717) is 17.7 Å². The number of carbonyl (C=O) groups is 1. The summed E-state index contributed by atoms with van der Waals surface area (Å²) in [5.74, 6) is 0.103. The van der Waals surface area contributed by atoms with Crippen molar-refractivity contribution in [1.29, 1.82) is 0 Å². The van der Waals surface area contributed by atoms with Gasteiger partial charge < -0.3 is 9.84 Å². The fraction of sp³-hybridized carbons (Fsp3) is 0.417. The normalized spacial score (nSPS) is 12.2. The van der Waals surface area contributed by atoms with Crippen LogP contribution in [0.5, 0.6) is 5.75 Å². The largest absolute Gasteiger partial charge is 0.496 e. The molecule has 1 aromatic carbocycles. The second-order valence-electron chi connectivity index (χ2n) is 3.50. The van der Waals surface area contributed by atoms with Gasteiger partial charge in [0.2, 0.25) is 0 Å². The highest BCUT2D eigenvalue weighted by atomic mass is 79.9. The first-order chi connectivity index (χ1) is 7.63. The Labute approximate surface area is 104 Å². The molecule has 0 aliphatic heterocycles. The molecule has 0 aliphatic rings. The summed E-state index contributed by atoms with van der Waals surface area (Å²) in [6, 6.07) is 5.27. The minimum atomic E-state index is -0.358. The van der Waals surface area contributed by atoms with Crippen LogP contribution >= 0.6 is 15.9 Å². The van der Waals surface area contributed by atoms with E-state index in [9.17, 15) is 4.79 Å². The van der Waals surface area contributed by atoms with Gasteiger partial charge in [0.15, 0.2) is 5.78 Å². The summed E-state index contributed by atoms with van der Waals surface area (Å²) >= 11 is 3.32. The molecule has 1 aromatic rings. The standard InChI is InChI=1S/C12H15BrO3/c1-3-8(7-14)12(15)10-6-9(13)4-5-11(10)16-2/h4-6,8,14H,3,7H2,1-2H3. The molecule has 0 heterocycles. The molecule has 0 radical (unpaired) electrons. The van der Waals surface area contributed by atoms with E-state index in [1.165, 1.54) is 7.11 Å². The number of methoxy groups -OCH3 is 1. The van der Waals surface area contributed by atoms with Crippen molar-refractivity contribution >= 4 is 21.7 Å². The minimum Gasteiger partial charge on any atom is -0.496 e. The minimum absolute atomic E-state index is 0.0804. The maximum atomic E-state index is 12.1. The molecule has 1 N–H and O–H groups in total. The van der Waals surface area contributed by atoms with Crippen LogP contribution in [0.25, 0.3) is 0 Å². The van der Waals surface area contributed by atoms with Crippen molar-refractivity contribution in [2.45, 2.75) is 13.3 Å². The van der Waals surface area contributed by atoms with Crippen LogP contribution in [0, 0.1) is 5.92 Å². The number of rotatable bonds is 5. The van der Waals surface area contributed by atoms with Gasteiger partial charge in [-0.1, -0.05) is 22.9 Å². The summed E-state index contributed by atoms with van der Waals surface area (Å²) in [5.41, 5.74) is 0.512. The van der Waals surface area contributed by atoms with Crippen LogP contribution in [0.1, 0.15) is 23.7 Å². The Balaban J connectivity index is 3.10. The first-order valence-electron chi connectivity index (χ1n) is 5.12. The van der Waals surface area contributed by atoms with E-state index in [4.69, 9.17) is 9.84 Å². The average molecular weight is 287 g/mol. The molecule has 3 nitrogen and oxygen atoms in total. The molecule has 1 unspecified atom stereocenters. The van der Waals surface area contributed by atoms with E-state index in [-0.39, 0.29) is 18.3 Å². The van der Waals surface area contributed by atoms with E-state index in [1.807, 2.05) is 13.0 Å². The zero-order valence-corrected chi connectivity index (χ0v) is 11.0. The quantitative estimate of drug-likeness (QED) is 0.847. The van der Waals surface area contributed by atoms with Gasteiger partial charge in [0.25, 0.3) is 0 Å². The van der Waals surface area contributed by atoms with Gasteiger partial charge in [0.1, 0.15) is 5.75 Å². The van der Waals surface area contributed by atoms with Gasteiger partial charge in [-0.15, -0.1) is 0 Å². The van der Waals surface area contributed by atoms with Crippen molar-refractivity contribution in [3.8, 4) is 5.75 Å². The molecule has 1 rings (SSSR count). The average Bonchev–Trinajstić information content (AvgIpc) is 2.30. The van der Waals surface area contributed by atoms with Crippen molar-refractivity contribution in [3.05, 3.63) is 28.2 Å². The summed E-state index contributed by atoms with van der Waals surface area (Å²) in [6.45, 7) is 1.74. The Morgan fingerprint density at radius 1 is 1.56 bits per heavy atom. The van der Waals surface area contributed by atoms with Crippen molar-refractivity contribution < 1.29 is 14.6 Å². The van der Waals surface area contributed by atoms with Gasteiger partial charge in [-0.2, -0.15) is 0 Å². The molecule has 4 heteroatoms. The highest BCUT2D eigenvalue weighted by Crippen LogP contribution is 2.26. The lowest BCUT2D eigenvalue weighted by Crippen LogP contribution is -2.18. The second kappa shape index (κ2) is 6.01. The molecule has 88 valence electrons. The summed E-state index contributed by atoms with van der Waals surface area (Å²) in [7, 11) is 1.53. The van der Waals surface area contributed by atoms with Gasteiger partial charge in [0, 0.05) is 10.4 Å². The molecule has 0 spiro atoms. The molecule has 16 heavy (non-hydrogen) atoms. The highest BCUT2D eigenvalue weighted by molar-refractivity contribution is 9.10. The number of ether oxygens (including phenoxy) is 1. The lowest BCUT2D eigenvalue weighted by molar-refractivity contribution is 0.0853. The zero-order valence-electron chi connectivity index (χ0n) is 9.37. The third kappa shape index (κ3) is 2.83. The molecule has 1 atom stereocenters. The van der Waals surface area contributed by atoms with Gasteiger partial charge in [-0.05, 0) is 24.6 Å². The maximum absolute atomic E-state index is 12.1. The number of Topliss-reactive ketones (excluding diaryl/α,β-unsaturated/α-hetero) is 1. The van der Waals surface area contributed by atoms with Crippen molar-refractivity contribution in [1.82, 2.24) is 0 Å². The van der Waals surface area contributed by atoms with Gasteiger partial charge in [-0.25, -0.2) is 0 Å². The smallest absolute Gasteiger partial charge is 0.171 e. The Morgan fingerprint density at radius 2 is 2.25 bits per heavy atom. The molecular formula is C12H15BrO3. The zero-order chi connectivity index (χ0) is 12.1. The summed E-state index contributed by atoms with van der Waals surface area (Å²) in [5, 5.41) is 9.12. The van der Waals surface area contributed by atoms with Crippen molar-refractivity contribution in [2.24, 2.45) is 5.92 Å². The van der Waals surface area contributed by atoms with Crippen LogP contribution in [0.3, 0.4) is 0 Å². The number of ketones is 1. The van der Waals surface area contributed by atoms with Crippen LogP contribution in [0.4, 0.5) is 0 Å². The SMILES string of the molecule is CCC(CO)C(=O)c1cc(Br)ccc1OC. The Kier molecular flexibility index (Phi) is 4.96. The van der Waals surface area contributed by atoms with E-state index >= 15 is 0 Å². The number of benzene rings is 1. The maximum Gasteiger partial charge on any atom is 0.171 e. The number of aliphatic hydroxyl groups excluding tert-OH is 1. The van der Waals surface area contributed by atoms with Crippen LogP contribution < -0.4 is 4.74 Å². The third-order valence-electron chi connectivity index (χ3n) is 2.51. The van der Waals surface area contributed by atoms with Crippen LogP contribution in [0.15, 0.2) is 22.7 Å². The molecule has 0 bridgehead atoms. The first-order valence-corrected chi connectivity index (χ1v) is 5.92. The van der Waals surface area contributed by atoms with Gasteiger partial charge >= 0.3 is 0 Å². The predicted molar refractivity (Wildman–Crippen MR) is 65.9 cm³/mol. The molecular weight excluding hydrogens is 272 g/mol. The lowest BCUT2D eigenvalue weighted by Gasteiger charge is -2.13. The predicted octanol–water partition coefficient (Wildman–Crippen LogP) is 2.66. The monoisotopic (exact) mass is 286 g/mol. The Morgan fingerprint density at radius 3 is 2.75 bits per heavy atom. The fourth-order valence-corrected chi connectivity index (χ4v) is 1.85. The van der Waals surface area contributed by atoms with Crippen LogP contribution in [-0.2, 0) is 0 Å². The number of aliphatic hydroxyl groups is 1. The number of halogens is 1. The van der Waals surface area contributed by atoms with Crippen molar-refractivity contribution in [3.63, 3.8) is 0 Å². The first kappa shape index (κ1) is 13.2. The number of hydrogen-bond donors (Lipinski definition) is 1. The summed E-state index contributed by atoms with van der Waals surface area (Å²) < 4.78 is 5.96. The second-order valence-corrected chi connectivity index (χ2v) is 4.41. The molecule has 0 amide bonds. The topological polar surface area (TPSA) is 46.5 Å². The fourth-order valence-electron chi connectivity index (χ4n) is 1.49. The molecule has 0 aliphatic carbocycles. The molecule has 0 saturated carbocycles. The van der Waals surface area contributed by atoms with Gasteiger partial charge in [0.05, 0.1) is 19.3 Å². The van der Waals surface area contributed by atoms with E-state index in [2.05, 4.69) is 15.9 Å². The van der Waals surface area contributed by atoms with Crippen molar-refractivity contribution in [2.75, 3.05) is 13.7 Å². The Bertz CT molecular complexity index is 373. The summed E-state index contributed by atoms with van der Waals surface area (Å²) in [4.78, 5) is 12.1. The summed E-state index contributed by atoms with van der Waals surface area (Å²) in [6.07, 6.45) is 0.616. The number of carbonyl (C=O) groups excluding carboxylic acids is 1. The molecule has 0 fully saturated rings. The van der Waals surface area contributed by atoms with E-state index < -0.39 is 0 Å². The Hall–Kier alpha value is -0.870. The van der Waals surface area contributed by atoms with Crippen LogP contribution in [-0.4, -0.2) is 24.6 Å². The third-order valence-corrected chi connectivity index (χ3v) is 3.00. The highest BCUT2D eigenvalue weighted by Gasteiger charge is 2.20. The lowest BCUT2D eigenvalue weighted by atomic mass is 9.95. The van der Waals surface area contributed by atoms with E-state index in [0.717, 1.165) is 4.47 Å². The van der Waals surface area contributed by atoms with Gasteiger partial charge in [-0.3, -0.25) is 4.79 Å². The van der Waals surface area contributed by atoms with Crippen LogP contribution in [0.2, 0.25) is 0 Å². The molecule has 0 aromatic heterocycles. The van der Waals surface area contributed by atoms with E-state index in [1.54, 1.807) is 12.1 Å². The molecule has 0 saturated heterocycles.